The van der Waals surface area contributed by atoms with Crippen LogP contribution in [-0.2, 0) is 16.1 Å². The van der Waals surface area contributed by atoms with Gasteiger partial charge in [0.25, 0.3) is 0 Å². The van der Waals surface area contributed by atoms with Crippen LogP contribution in [0.25, 0.3) is 10.2 Å². The SMILES string of the molecule is Cc1sc2ncnc(S[C@H](C)C(=O)OCc3ccccc3Cl)c2c1C. The second-order valence-corrected chi connectivity index (χ2v) is 8.54. The molecule has 25 heavy (non-hydrogen) atoms. The normalized spacial score (nSPS) is 12.3. The van der Waals surface area contributed by atoms with Crippen molar-refractivity contribution in [2.24, 2.45) is 0 Å². The number of thiophene rings is 1. The molecule has 0 aliphatic carbocycles. The van der Waals surface area contributed by atoms with Crippen LogP contribution < -0.4 is 0 Å². The number of carbonyl (C=O) groups is 1. The second-order valence-electron chi connectivity index (χ2n) is 5.60. The van der Waals surface area contributed by atoms with E-state index in [-0.39, 0.29) is 17.8 Å². The van der Waals surface area contributed by atoms with Crippen LogP contribution in [0.2, 0.25) is 5.02 Å². The highest BCUT2D eigenvalue weighted by atomic mass is 35.5. The van der Waals surface area contributed by atoms with E-state index in [2.05, 4.69) is 23.8 Å². The van der Waals surface area contributed by atoms with Crippen molar-refractivity contribution in [2.45, 2.75) is 37.7 Å². The molecule has 0 N–H and O–H groups in total. The lowest BCUT2D eigenvalue weighted by Crippen LogP contribution is -2.17. The maximum Gasteiger partial charge on any atom is 0.319 e. The third-order valence-electron chi connectivity index (χ3n) is 3.88. The lowest BCUT2D eigenvalue weighted by atomic mass is 10.2. The lowest BCUT2D eigenvalue weighted by Gasteiger charge is -2.12. The van der Waals surface area contributed by atoms with Gasteiger partial charge in [-0.3, -0.25) is 4.79 Å². The molecular formula is C18H17ClN2O2S2. The number of nitrogens with zero attached hydrogens (tertiary/aromatic N) is 2. The first-order chi connectivity index (χ1) is 12.0. The maximum absolute atomic E-state index is 12.3. The highest BCUT2D eigenvalue weighted by Crippen LogP contribution is 2.36. The van der Waals surface area contributed by atoms with Gasteiger partial charge in [-0.2, -0.15) is 0 Å². The highest BCUT2D eigenvalue weighted by Gasteiger charge is 2.20. The topological polar surface area (TPSA) is 52.1 Å². The Hall–Kier alpha value is -1.63. The molecule has 2 heterocycles. The van der Waals surface area contributed by atoms with Gasteiger partial charge in [-0.15, -0.1) is 11.3 Å². The van der Waals surface area contributed by atoms with Gasteiger partial charge >= 0.3 is 5.97 Å². The summed E-state index contributed by atoms with van der Waals surface area (Å²) in [5.41, 5.74) is 1.96. The molecule has 0 amide bonds. The smallest absolute Gasteiger partial charge is 0.319 e. The van der Waals surface area contributed by atoms with Crippen LogP contribution in [0.1, 0.15) is 22.9 Å². The molecule has 0 saturated carbocycles. The van der Waals surface area contributed by atoms with E-state index in [9.17, 15) is 4.79 Å². The quantitative estimate of drug-likeness (QED) is 0.340. The molecule has 1 aromatic carbocycles. The zero-order valence-corrected chi connectivity index (χ0v) is 16.5. The fraction of sp³-hybridized carbons (Fsp3) is 0.278. The van der Waals surface area contributed by atoms with Crippen molar-refractivity contribution in [1.82, 2.24) is 9.97 Å². The Balaban J connectivity index is 1.71. The molecule has 0 fully saturated rings. The first-order valence-corrected chi connectivity index (χ1v) is 9.82. The molecule has 0 aliphatic heterocycles. The Morgan fingerprint density at radius 3 is 2.84 bits per heavy atom. The molecule has 0 saturated heterocycles. The number of benzene rings is 1. The fourth-order valence-electron chi connectivity index (χ4n) is 2.34. The molecule has 0 unspecified atom stereocenters. The number of carbonyl (C=O) groups excluding carboxylic acids is 1. The zero-order valence-electron chi connectivity index (χ0n) is 14.1. The van der Waals surface area contributed by atoms with Crippen molar-refractivity contribution in [3.63, 3.8) is 0 Å². The van der Waals surface area contributed by atoms with Crippen LogP contribution >= 0.6 is 34.7 Å². The van der Waals surface area contributed by atoms with E-state index in [1.54, 1.807) is 23.7 Å². The number of esters is 1. The third kappa shape index (κ3) is 3.97. The molecule has 0 aliphatic rings. The molecule has 3 aromatic rings. The average molecular weight is 393 g/mol. The molecule has 4 nitrogen and oxygen atoms in total. The predicted molar refractivity (Wildman–Crippen MR) is 103 cm³/mol. The number of aromatic nitrogens is 2. The van der Waals surface area contributed by atoms with Crippen molar-refractivity contribution < 1.29 is 9.53 Å². The van der Waals surface area contributed by atoms with E-state index in [0.29, 0.717) is 5.02 Å². The van der Waals surface area contributed by atoms with Gasteiger partial charge in [-0.05, 0) is 32.4 Å². The number of rotatable bonds is 5. The van der Waals surface area contributed by atoms with Crippen LogP contribution in [0.15, 0.2) is 35.6 Å². The second kappa shape index (κ2) is 7.72. The van der Waals surface area contributed by atoms with Gasteiger partial charge in [0, 0.05) is 20.8 Å². The number of halogens is 1. The Kier molecular flexibility index (Phi) is 5.61. The Bertz CT molecular complexity index is 927. The fourth-order valence-corrected chi connectivity index (χ4v) is 4.56. The van der Waals surface area contributed by atoms with Crippen molar-refractivity contribution in [1.29, 1.82) is 0 Å². The summed E-state index contributed by atoms with van der Waals surface area (Å²) >= 11 is 9.13. The van der Waals surface area contributed by atoms with E-state index in [0.717, 1.165) is 20.8 Å². The minimum absolute atomic E-state index is 0.166. The van der Waals surface area contributed by atoms with E-state index >= 15 is 0 Å². The summed E-state index contributed by atoms with van der Waals surface area (Å²) in [4.78, 5) is 23.2. The van der Waals surface area contributed by atoms with Gasteiger partial charge in [0.05, 0.1) is 0 Å². The Morgan fingerprint density at radius 1 is 1.32 bits per heavy atom. The van der Waals surface area contributed by atoms with Gasteiger partial charge < -0.3 is 4.74 Å². The van der Waals surface area contributed by atoms with Crippen molar-refractivity contribution in [2.75, 3.05) is 0 Å². The predicted octanol–water partition coefficient (Wildman–Crippen LogP) is 5.19. The molecule has 7 heteroatoms. The van der Waals surface area contributed by atoms with Gasteiger partial charge in [0.1, 0.15) is 28.0 Å². The van der Waals surface area contributed by atoms with Crippen LogP contribution in [0.5, 0.6) is 0 Å². The number of fused-ring (bicyclic) bond motifs is 1. The summed E-state index contributed by atoms with van der Waals surface area (Å²) in [6.07, 6.45) is 1.54. The van der Waals surface area contributed by atoms with Crippen molar-refractivity contribution >= 4 is 50.9 Å². The molecular weight excluding hydrogens is 376 g/mol. The molecule has 130 valence electrons. The first kappa shape index (κ1) is 18.2. The first-order valence-electron chi connectivity index (χ1n) is 7.74. The molecule has 1 atom stereocenters. The maximum atomic E-state index is 12.3. The average Bonchev–Trinajstić information content (AvgIpc) is 2.89. The third-order valence-corrected chi connectivity index (χ3v) is 6.44. The van der Waals surface area contributed by atoms with Crippen LogP contribution in [0.3, 0.4) is 0 Å². The summed E-state index contributed by atoms with van der Waals surface area (Å²) in [5, 5.41) is 2.06. The minimum atomic E-state index is -0.375. The number of hydrogen-bond donors (Lipinski definition) is 0. The molecule has 0 bridgehead atoms. The molecule has 0 radical (unpaired) electrons. The zero-order chi connectivity index (χ0) is 18.0. The summed E-state index contributed by atoms with van der Waals surface area (Å²) in [6.45, 7) is 6.11. The number of hydrogen-bond acceptors (Lipinski definition) is 6. The van der Waals surface area contributed by atoms with Gasteiger partial charge in [0.2, 0.25) is 0 Å². The van der Waals surface area contributed by atoms with Gasteiger partial charge in [0.15, 0.2) is 0 Å². The highest BCUT2D eigenvalue weighted by molar-refractivity contribution is 8.00. The lowest BCUT2D eigenvalue weighted by molar-refractivity contribution is -0.143. The van der Waals surface area contributed by atoms with Gasteiger partial charge in [-0.25, -0.2) is 9.97 Å². The van der Waals surface area contributed by atoms with E-state index in [1.807, 2.05) is 25.1 Å². The van der Waals surface area contributed by atoms with Crippen molar-refractivity contribution in [3.05, 3.63) is 51.6 Å². The van der Waals surface area contributed by atoms with E-state index in [4.69, 9.17) is 16.3 Å². The summed E-state index contributed by atoms with van der Waals surface area (Å²) in [5.74, 6) is -0.290. The van der Waals surface area contributed by atoms with E-state index < -0.39 is 0 Å². The Labute approximate surface area is 159 Å². The van der Waals surface area contributed by atoms with E-state index in [1.165, 1.54) is 22.2 Å². The number of ether oxygens (including phenoxy) is 1. The molecule has 2 aromatic heterocycles. The standard InChI is InChI=1S/C18H17ClN2O2S2/c1-10-11(2)24-16-15(10)17(21-9-20-16)25-12(3)18(22)23-8-13-6-4-5-7-14(13)19/h4-7,9,12H,8H2,1-3H3/t12-/m1/s1. The summed E-state index contributed by atoms with van der Waals surface area (Å²) in [7, 11) is 0. The van der Waals surface area contributed by atoms with Crippen LogP contribution in [-0.4, -0.2) is 21.2 Å². The van der Waals surface area contributed by atoms with Crippen LogP contribution in [0, 0.1) is 13.8 Å². The monoisotopic (exact) mass is 392 g/mol. The number of thioether (sulfide) groups is 1. The molecule has 0 spiro atoms. The summed E-state index contributed by atoms with van der Waals surface area (Å²) < 4.78 is 5.41. The van der Waals surface area contributed by atoms with Crippen LogP contribution in [0.4, 0.5) is 0 Å². The largest absolute Gasteiger partial charge is 0.460 e. The Morgan fingerprint density at radius 2 is 2.08 bits per heavy atom. The summed E-state index contributed by atoms with van der Waals surface area (Å²) in [6, 6.07) is 7.34. The number of aryl methyl sites for hydroxylation is 2. The molecule has 3 rings (SSSR count). The minimum Gasteiger partial charge on any atom is -0.460 e. The van der Waals surface area contributed by atoms with Crippen molar-refractivity contribution in [3.8, 4) is 0 Å². The van der Waals surface area contributed by atoms with Gasteiger partial charge in [-0.1, -0.05) is 41.6 Å².